The number of pyridine rings is 1. The number of amides is 1. The number of rotatable bonds is 5. The summed E-state index contributed by atoms with van der Waals surface area (Å²) in [6.07, 6.45) is 3.77. The first-order valence-corrected chi connectivity index (χ1v) is 12.2. The van der Waals surface area contributed by atoms with Crippen molar-refractivity contribution < 1.29 is 13.9 Å². The van der Waals surface area contributed by atoms with Crippen molar-refractivity contribution in [2.24, 2.45) is 0 Å². The number of ether oxygens (including phenoxy) is 1. The van der Waals surface area contributed by atoms with E-state index in [-0.39, 0.29) is 22.7 Å². The highest BCUT2D eigenvalue weighted by Gasteiger charge is 2.36. The molecule has 5 rings (SSSR count). The zero-order valence-corrected chi connectivity index (χ0v) is 20.4. The zero-order chi connectivity index (χ0) is 24.1. The molecule has 1 aliphatic carbocycles. The second-order valence-corrected chi connectivity index (χ2v) is 10.8. The standard InChI is InChI=1S/C27H33FN4O2/c1-17-23-21(15-22(18-5-6-18)30-24(23)32(31-17)26(2,3)4)25(33)29-16-27(11-13-34-14-12-27)19-7-9-20(28)10-8-19/h7-10,15,18H,5-6,11-14,16H2,1-4H3,(H,29,33). The summed E-state index contributed by atoms with van der Waals surface area (Å²) in [5.41, 5.74) is 3.71. The Morgan fingerprint density at radius 3 is 2.50 bits per heavy atom. The first-order chi connectivity index (χ1) is 16.2. The molecule has 7 heteroatoms. The molecule has 2 fully saturated rings. The third-order valence-corrected chi connectivity index (χ3v) is 7.20. The molecular formula is C27H33FN4O2. The van der Waals surface area contributed by atoms with Gasteiger partial charge in [0.25, 0.3) is 5.91 Å². The lowest BCUT2D eigenvalue weighted by Crippen LogP contribution is -2.44. The van der Waals surface area contributed by atoms with E-state index in [0.717, 1.165) is 53.7 Å². The lowest BCUT2D eigenvalue weighted by Gasteiger charge is -2.38. The van der Waals surface area contributed by atoms with Crippen molar-refractivity contribution in [2.45, 2.75) is 70.3 Å². The number of carbonyl (C=O) groups is 1. The summed E-state index contributed by atoms with van der Waals surface area (Å²) in [5.74, 6) is 0.0487. The first-order valence-electron chi connectivity index (χ1n) is 12.2. The topological polar surface area (TPSA) is 69.0 Å². The Bertz CT molecular complexity index is 1220. The van der Waals surface area contributed by atoms with Crippen LogP contribution in [0.3, 0.4) is 0 Å². The Morgan fingerprint density at radius 1 is 1.21 bits per heavy atom. The Balaban J connectivity index is 1.50. The maximum absolute atomic E-state index is 13.7. The normalized spacial score (nSPS) is 18.3. The Morgan fingerprint density at radius 2 is 1.88 bits per heavy atom. The van der Waals surface area contributed by atoms with Crippen LogP contribution in [-0.2, 0) is 15.7 Å². The van der Waals surface area contributed by atoms with Crippen LogP contribution in [0, 0.1) is 12.7 Å². The van der Waals surface area contributed by atoms with E-state index in [4.69, 9.17) is 14.8 Å². The van der Waals surface area contributed by atoms with E-state index in [2.05, 4.69) is 26.1 Å². The molecule has 2 aliphatic rings. The molecule has 1 saturated heterocycles. The van der Waals surface area contributed by atoms with Gasteiger partial charge in [0.15, 0.2) is 5.65 Å². The molecule has 1 aliphatic heterocycles. The number of benzene rings is 1. The van der Waals surface area contributed by atoms with Gasteiger partial charge < -0.3 is 10.1 Å². The van der Waals surface area contributed by atoms with E-state index in [1.54, 1.807) is 0 Å². The minimum atomic E-state index is -0.280. The van der Waals surface area contributed by atoms with Gasteiger partial charge in [-0.25, -0.2) is 14.1 Å². The summed E-state index contributed by atoms with van der Waals surface area (Å²) in [6, 6.07) is 8.62. The van der Waals surface area contributed by atoms with Crippen LogP contribution in [0.4, 0.5) is 4.39 Å². The fraction of sp³-hybridized carbons (Fsp3) is 0.519. The largest absolute Gasteiger partial charge is 0.381 e. The highest BCUT2D eigenvalue weighted by Crippen LogP contribution is 2.41. The van der Waals surface area contributed by atoms with Crippen LogP contribution in [0.1, 0.15) is 79.7 Å². The van der Waals surface area contributed by atoms with E-state index < -0.39 is 0 Å². The second-order valence-electron chi connectivity index (χ2n) is 10.8. The Kier molecular flexibility index (Phi) is 5.71. The van der Waals surface area contributed by atoms with Crippen LogP contribution in [0.2, 0.25) is 0 Å². The second kappa shape index (κ2) is 8.45. The number of fused-ring (bicyclic) bond motifs is 1. The Hall–Kier alpha value is -2.80. The Labute approximate surface area is 199 Å². The van der Waals surface area contributed by atoms with Gasteiger partial charge in [-0.3, -0.25) is 4.79 Å². The molecule has 180 valence electrons. The monoisotopic (exact) mass is 464 g/mol. The third-order valence-electron chi connectivity index (χ3n) is 7.20. The number of aryl methyl sites for hydroxylation is 1. The number of nitrogens with zero attached hydrogens (tertiary/aromatic N) is 3. The van der Waals surface area contributed by atoms with Crippen molar-refractivity contribution >= 4 is 16.9 Å². The summed E-state index contributed by atoms with van der Waals surface area (Å²) in [6.45, 7) is 9.95. The average molecular weight is 465 g/mol. The molecule has 0 radical (unpaired) electrons. The average Bonchev–Trinajstić information content (AvgIpc) is 3.60. The molecule has 3 aromatic rings. The highest BCUT2D eigenvalue weighted by molar-refractivity contribution is 6.06. The van der Waals surface area contributed by atoms with Gasteiger partial charge in [-0.05, 0) is 77.1 Å². The lowest BCUT2D eigenvalue weighted by molar-refractivity contribution is 0.0487. The summed E-state index contributed by atoms with van der Waals surface area (Å²) in [4.78, 5) is 18.6. The molecule has 0 unspecified atom stereocenters. The summed E-state index contributed by atoms with van der Waals surface area (Å²) >= 11 is 0. The van der Waals surface area contributed by atoms with E-state index in [1.807, 2.05) is 29.8 Å². The van der Waals surface area contributed by atoms with Gasteiger partial charge in [-0.2, -0.15) is 5.10 Å². The SMILES string of the molecule is Cc1nn(C(C)(C)C)c2nc(C3CC3)cc(C(=O)NCC3(c4ccc(F)cc4)CCOCC3)c12. The van der Waals surface area contributed by atoms with Crippen LogP contribution in [-0.4, -0.2) is 40.4 Å². The maximum Gasteiger partial charge on any atom is 0.252 e. The van der Waals surface area contributed by atoms with Gasteiger partial charge in [0.05, 0.1) is 22.2 Å². The number of halogens is 1. The van der Waals surface area contributed by atoms with Gasteiger partial charge >= 0.3 is 0 Å². The first kappa shape index (κ1) is 23.0. The van der Waals surface area contributed by atoms with Gasteiger partial charge in [-0.1, -0.05) is 12.1 Å². The molecule has 0 spiro atoms. The number of carbonyl (C=O) groups excluding carboxylic acids is 1. The maximum atomic E-state index is 13.7. The molecule has 34 heavy (non-hydrogen) atoms. The fourth-order valence-corrected chi connectivity index (χ4v) is 5.02. The predicted molar refractivity (Wildman–Crippen MR) is 130 cm³/mol. The van der Waals surface area contributed by atoms with Crippen molar-refractivity contribution in [2.75, 3.05) is 19.8 Å². The molecule has 1 aromatic carbocycles. The van der Waals surface area contributed by atoms with Gasteiger partial charge in [0.1, 0.15) is 5.82 Å². The van der Waals surface area contributed by atoms with Crippen LogP contribution >= 0.6 is 0 Å². The van der Waals surface area contributed by atoms with E-state index in [0.29, 0.717) is 31.2 Å². The molecule has 6 nitrogen and oxygen atoms in total. The minimum Gasteiger partial charge on any atom is -0.381 e. The lowest BCUT2D eigenvalue weighted by atomic mass is 9.74. The van der Waals surface area contributed by atoms with Crippen LogP contribution in [0.5, 0.6) is 0 Å². The van der Waals surface area contributed by atoms with Crippen LogP contribution in [0.25, 0.3) is 11.0 Å². The predicted octanol–water partition coefficient (Wildman–Crippen LogP) is 4.99. The van der Waals surface area contributed by atoms with Gasteiger partial charge in [-0.15, -0.1) is 0 Å². The van der Waals surface area contributed by atoms with E-state index in [9.17, 15) is 9.18 Å². The summed E-state index contributed by atoms with van der Waals surface area (Å²) in [5, 5.41) is 8.81. The molecule has 0 bridgehead atoms. The van der Waals surface area contributed by atoms with Crippen molar-refractivity contribution in [3.05, 3.63) is 58.7 Å². The highest BCUT2D eigenvalue weighted by atomic mass is 19.1. The number of nitrogens with one attached hydrogen (secondary N) is 1. The molecule has 2 aromatic heterocycles. The molecule has 3 heterocycles. The third kappa shape index (κ3) is 4.22. The number of hydrogen-bond acceptors (Lipinski definition) is 4. The quantitative estimate of drug-likeness (QED) is 0.578. The molecule has 0 atom stereocenters. The van der Waals surface area contributed by atoms with E-state index in [1.165, 1.54) is 12.1 Å². The molecular weight excluding hydrogens is 431 g/mol. The van der Waals surface area contributed by atoms with Crippen molar-refractivity contribution in [1.29, 1.82) is 0 Å². The molecule has 1 N–H and O–H groups in total. The minimum absolute atomic E-state index is 0.112. The van der Waals surface area contributed by atoms with E-state index >= 15 is 0 Å². The number of aromatic nitrogens is 3. The fourth-order valence-electron chi connectivity index (χ4n) is 5.02. The van der Waals surface area contributed by atoms with Crippen molar-refractivity contribution in [3.63, 3.8) is 0 Å². The molecule has 1 saturated carbocycles. The summed E-state index contributed by atoms with van der Waals surface area (Å²) in [7, 11) is 0. The summed E-state index contributed by atoms with van der Waals surface area (Å²) < 4.78 is 21.1. The smallest absolute Gasteiger partial charge is 0.252 e. The molecule has 1 amide bonds. The zero-order valence-electron chi connectivity index (χ0n) is 20.4. The van der Waals surface area contributed by atoms with Gasteiger partial charge in [0, 0.05) is 36.8 Å². The van der Waals surface area contributed by atoms with Gasteiger partial charge in [0.2, 0.25) is 0 Å². The van der Waals surface area contributed by atoms with Crippen LogP contribution < -0.4 is 5.32 Å². The van der Waals surface area contributed by atoms with Crippen LogP contribution in [0.15, 0.2) is 30.3 Å². The van der Waals surface area contributed by atoms with Crippen molar-refractivity contribution in [3.8, 4) is 0 Å². The van der Waals surface area contributed by atoms with Crippen molar-refractivity contribution in [1.82, 2.24) is 20.1 Å². The number of hydrogen-bond donors (Lipinski definition) is 1.